The third kappa shape index (κ3) is 2.81. The highest BCUT2D eigenvalue weighted by Gasteiger charge is 2.31. The molecule has 7 nitrogen and oxygen atoms in total. The van der Waals surface area contributed by atoms with Crippen molar-refractivity contribution in [2.75, 3.05) is 0 Å². The quantitative estimate of drug-likeness (QED) is 0.583. The van der Waals surface area contributed by atoms with Gasteiger partial charge in [0.05, 0.1) is 12.4 Å². The molecular weight excluding hydrogens is 326 g/mol. The van der Waals surface area contributed by atoms with E-state index >= 15 is 0 Å². The fourth-order valence-electron chi connectivity index (χ4n) is 3.21. The number of hydrogen-bond donors (Lipinski definition) is 1. The molecule has 1 N–H and O–H groups in total. The second kappa shape index (κ2) is 6.25. The molecule has 130 valence electrons. The van der Waals surface area contributed by atoms with Gasteiger partial charge in [0.25, 0.3) is 0 Å². The van der Waals surface area contributed by atoms with Crippen molar-refractivity contribution in [3.8, 4) is 5.82 Å². The van der Waals surface area contributed by atoms with Crippen LogP contribution in [0.1, 0.15) is 42.1 Å². The van der Waals surface area contributed by atoms with Crippen LogP contribution in [-0.2, 0) is 6.42 Å². The Morgan fingerprint density at radius 3 is 2.73 bits per heavy atom. The van der Waals surface area contributed by atoms with Gasteiger partial charge in [0, 0.05) is 42.8 Å². The van der Waals surface area contributed by atoms with Crippen LogP contribution in [0, 0.1) is 0 Å². The molecule has 1 saturated carbocycles. The van der Waals surface area contributed by atoms with Crippen molar-refractivity contribution < 1.29 is 0 Å². The van der Waals surface area contributed by atoms with Gasteiger partial charge in [0.15, 0.2) is 17.5 Å². The van der Waals surface area contributed by atoms with Crippen molar-refractivity contribution in [2.24, 2.45) is 0 Å². The van der Waals surface area contributed by atoms with Crippen molar-refractivity contribution in [1.29, 1.82) is 0 Å². The molecule has 4 heterocycles. The fourth-order valence-corrected chi connectivity index (χ4v) is 3.21. The van der Waals surface area contributed by atoms with E-state index < -0.39 is 0 Å². The van der Waals surface area contributed by atoms with E-state index in [4.69, 9.17) is 10.1 Å². The summed E-state index contributed by atoms with van der Waals surface area (Å²) in [6, 6.07) is 9.93. The molecule has 4 aromatic heterocycles. The first kappa shape index (κ1) is 15.1. The second-order valence-electron chi connectivity index (χ2n) is 6.63. The predicted octanol–water partition coefficient (Wildman–Crippen LogP) is 2.90. The molecule has 7 heteroatoms. The Labute approximate surface area is 150 Å². The van der Waals surface area contributed by atoms with Crippen LogP contribution in [0.5, 0.6) is 0 Å². The molecule has 26 heavy (non-hydrogen) atoms. The lowest BCUT2D eigenvalue weighted by atomic mass is 10.1. The number of H-pyrrole nitrogens is 1. The highest BCUT2D eigenvalue weighted by atomic mass is 15.4. The van der Waals surface area contributed by atoms with Gasteiger partial charge in [-0.05, 0) is 37.1 Å². The summed E-state index contributed by atoms with van der Waals surface area (Å²) in [4.78, 5) is 16.8. The smallest absolute Gasteiger partial charge is 0.157 e. The molecule has 0 radical (unpaired) electrons. The van der Waals surface area contributed by atoms with Crippen molar-refractivity contribution in [3.05, 3.63) is 78.8 Å². The van der Waals surface area contributed by atoms with E-state index in [9.17, 15) is 0 Å². The minimum atomic E-state index is 0.00690. The maximum Gasteiger partial charge on any atom is 0.157 e. The van der Waals surface area contributed by atoms with Crippen LogP contribution >= 0.6 is 0 Å². The monoisotopic (exact) mass is 345 g/mol. The normalized spacial score (nSPS) is 15.2. The molecule has 0 aliphatic heterocycles. The summed E-state index contributed by atoms with van der Waals surface area (Å²) in [5.41, 5.74) is 1.06. The molecule has 0 amide bonds. The zero-order valence-electron chi connectivity index (χ0n) is 14.2. The Hall–Kier alpha value is -3.22. The van der Waals surface area contributed by atoms with Gasteiger partial charge in [-0.1, -0.05) is 6.07 Å². The van der Waals surface area contributed by atoms with Crippen LogP contribution in [-0.4, -0.2) is 34.3 Å². The summed E-state index contributed by atoms with van der Waals surface area (Å²) in [5.74, 6) is 3.10. The molecule has 1 atom stereocenters. The Morgan fingerprint density at radius 2 is 2.04 bits per heavy atom. The number of aromatic amines is 1. The molecule has 1 fully saturated rings. The number of aromatic nitrogens is 7. The molecule has 0 spiro atoms. The van der Waals surface area contributed by atoms with E-state index in [0.29, 0.717) is 5.92 Å². The third-order valence-corrected chi connectivity index (χ3v) is 4.71. The first-order valence-corrected chi connectivity index (χ1v) is 8.86. The van der Waals surface area contributed by atoms with Crippen molar-refractivity contribution >= 4 is 0 Å². The summed E-state index contributed by atoms with van der Waals surface area (Å²) >= 11 is 0. The largest absolute Gasteiger partial charge is 0.348 e. The molecule has 4 aromatic rings. The first-order chi connectivity index (χ1) is 12.9. The summed E-state index contributed by atoms with van der Waals surface area (Å²) in [6.45, 7) is 0. The molecule has 0 saturated heterocycles. The number of imidazole rings is 1. The maximum atomic E-state index is 4.94. The predicted molar refractivity (Wildman–Crippen MR) is 96.0 cm³/mol. The van der Waals surface area contributed by atoms with E-state index in [1.807, 2.05) is 41.2 Å². The lowest BCUT2D eigenvalue weighted by Crippen LogP contribution is -2.18. The zero-order chi connectivity index (χ0) is 17.3. The Morgan fingerprint density at radius 1 is 1.15 bits per heavy atom. The minimum Gasteiger partial charge on any atom is -0.348 e. The van der Waals surface area contributed by atoms with Gasteiger partial charge in [0.2, 0.25) is 0 Å². The Balaban J connectivity index is 1.63. The third-order valence-electron chi connectivity index (χ3n) is 4.71. The SMILES string of the molecule is c1ccc(-n2nc(C3CC3)nc2[C@H](Cc2cnc[nH]2)n2cccc2)nc1. The summed E-state index contributed by atoms with van der Waals surface area (Å²) < 4.78 is 4.07. The van der Waals surface area contributed by atoms with E-state index in [2.05, 4.69) is 31.9 Å². The van der Waals surface area contributed by atoms with Gasteiger partial charge >= 0.3 is 0 Å². The molecule has 0 unspecified atom stereocenters. The average Bonchev–Trinajstić information content (AvgIpc) is 3.12. The molecule has 1 aliphatic rings. The first-order valence-electron chi connectivity index (χ1n) is 8.86. The molecule has 0 bridgehead atoms. The van der Waals surface area contributed by atoms with Gasteiger partial charge < -0.3 is 9.55 Å². The standard InChI is InChI=1S/C19H19N7/c1-2-8-21-17(5-1)26-19(23-18(24-26)14-6-7-14)16(25-9-3-4-10-25)11-15-12-20-13-22-15/h1-5,8-10,12-14,16H,6-7,11H2,(H,20,22)/t16-/m0/s1. The van der Waals surface area contributed by atoms with Gasteiger partial charge in [-0.15, -0.1) is 5.10 Å². The van der Waals surface area contributed by atoms with Crippen LogP contribution < -0.4 is 0 Å². The van der Waals surface area contributed by atoms with Gasteiger partial charge in [-0.25, -0.2) is 15.0 Å². The fraction of sp³-hybridized carbons (Fsp3) is 0.263. The molecule has 0 aromatic carbocycles. The Kier molecular flexibility index (Phi) is 3.62. The number of nitrogens with one attached hydrogen (secondary N) is 1. The van der Waals surface area contributed by atoms with E-state index in [0.717, 1.165) is 29.6 Å². The van der Waals surface area contributed by atoms with Gasteiger partial charge in [-0.2, -0.15) is 4.68 Å². The van der Waals surface area contributed by atoms with Crippen LogP contribution in [0.4, 0.5) is 0 Å². The van der Waals surface area contributed by atoms with Crippen LogP contribution in [0.15, 0.2) is 61.4 Å². The van der Waals surface area contributed by atoms with E-state index in [-0.39, 0.29) is 6.04 Å². The van der Waals surface area contributed by atoms with Crippen molar-refractivity contribution in [3.63, 3.8) is 0 Å². The maximum absolute atomic E-state index is 4.94. The Bertz CT molecular complexity index is 967. The lowest BCUT2D eigenvalue weighted by Gasteiger charge is -2.18. The van der Waals surface area contributed by atoms with E-state index in [1.54, 1.807) is 12.5 Å². The number of hydrogen-bond acceptors (Lipinski definition) is 4. The average molecular weight is 345 g/mol. The van der Waals surface area contributed by atoms with Crippen molar-refractivity contribution in [2.45, 2.75) is 31.2 Å². The topological polar surface area (TPSA) is 77.2 Å². The number of rotatable bonds is 6. The van der Waals surface area contributed by atoms with Crippen LogP contribution in [0.25, 0.3) is 5.82 Å². The van der Waals surface area contributed by atoms with E-state index in [1.165, 1.54) is 12.8 Å². The molecule has 5 rings (SSSR count). The molecule has 1 aliphatic carbocycles. The molecular formula is C19H19N7. The summed E-state index contributed by atoms with van der Waals surface area (Å²) in [5, 5.41) is 4.81. The van der Waals surface area contributed by atoms with Crippen molar-refractivity contribution in [1.82, 2.24) is 34.3 Å². The van der Waals surface area contributed by atoms with Gasteiger partial charge in [-0.3, -0.25) is 0 Å². The number of nitrogens with zero attached hydrogens (tertiary/aromatic N) is 6. The highest BCUT2D eigenvalue weighted by molar-refractivity contribution is 5.25. The van der Waals surface area contributed by atoms with Crippen LogP contribution in [0.3, 0.4) is 0 Å². The van der Waals surface area contributed by atoms with Gasteiger partial charge in [0.1, 0.15) is 0 Å². The minimum absolute atomic E-state index is 0.00690. The summed E-state index contributed by atoms with van der Waals surface area (Å²) in [7, 11) is 0. The highest BCUT2D eigenvalue weighted by Crippen LogP contribution is 2.39. The zero-order valence-corrected chi connectivity index (χ0v) is 14.2. The van der Waals surface area contributed by atoms with Crippen LogP contribution in [0.2, 0.25) is 0 Å². The summed E-state index contributed by atoms with van der Waals surface area (Å²) in [6.07, 6.45) is 12.6. The second-order valence-corrected chi connectivity index (χ2v) is 6.63. The number of pyridine rings is 1. The lowest BCUT2D eigenvalue weighted by molar-refractivity contribution is 0.528.